The molecule has 0 aliphatic heterocycles. The number of nitrogens with zero attached hydrogens (tertiary/aromatic N) is 2. The Bertz CT molecular complexity index is 822. The molecule has 1 aromatic heterocycles. The molecule has 0 atom stereocenters. The summed E-state index contributed by atoms with van der Waals surface area (Å²) in [4.78, 5) is 19.6. The molecule has 6 nitrogen and oxygen atoms in total. The molecular formula is C24H33N3O3. The molecule has 0 amide bonds. The van der Waals surface area contributed by atoms with Gasteiger partial charge in [0.15, 0.2) is 11.6 Å². The van der Waals surface area contributed by atoms with Gasteiger partial charge in [0, 0.05) is 18.7 Å². The van der Waals surface area contributed by atoms with Gasteiger partial charge in [-0.2, -0.15) is 0 Å². The smallest absolute Gasteiger partial charge is 0.304 e. The van der Waals surface area contributed by atoms with Crippen molar-refractivity contribution in [1.29, 1.82) is 0 Å². The Labute approximate surface area is 179 Å². The van der Waals surface area contributed by atoms with Gasteiger partial charge in [-0.3, -0.25) is 4.79 Å². The van der Waals surface area contributed by atoms with Crippen LogP contribution < -0.4 is 10.1 Å². The molecule has 1 saturated carbocycles. The van der Waals surface area contributed by atoms with Crippen molar-refractivity contribution >= 4 is 5.97 Å². The van der Waals surface area contributed by atoms with Crippen LogP contribution in [0.5, 0.6) is 5.75 Å². The van der Waals surface area contributed by atoms with Crippen molar-refractivity contribution in [3.05, 3.63) is 42.2 Å². The molecule has 0 unspecified atom stereocenters. The number of benzene rings is 1. The van der Waals surface area contributed by atoms with Crippen LogP contribution in [0.1, 0.15) is 58.4 Å². The van der Waals surface area contributed by atoms with Crippen molar-refractivity contribution in [2.45, 2.75) is 65.5 Å². The maximum absolute atomic E-state index is 10.6. The molecule has 6 heteroatoms. The summed E-state index contributed by atoms with van der Waals surface area (Å²) in [5.41, 5.74) is 2.37. The third-order valence-electron chi connectivity index (χ3n) is 5.86. The first-order valence-electron chi connectivity index (χ1n) is 10.8. The lowest BCUT2D eigenvalue weighted by molar-refractivity contribution is -0.136. The molecule has 3 rings (SSSR count). The third kappa shape index (κ3) is 6.52. The molecule has 1 aromatic carbocycles. The number of nitrogens with one attached hydrogen (secondary N) is 1. The van der Waals surface area contributed by atoms with E-state index in [1.807, 2.05) is 24.3 Å². The fraction of sp³-hybridized carbons (Fsp3) is 0.542. The lowest BCUT2D eigenvalue weighted by Crippen LogP contribution is -2.30. The third-order valence-corrected chi connectivity index (χ3v) is 5.86. The van der Waals surface area contributed by atoms with E-state index in [9.17, 15) is 4.79 Å². The van der Waals surface area contributed by atoms with Crippen molar-refractivity contribution in [2.24, 2.45) is 11.3 Å². The minimum atomic E-state index is -0.797. The van der Waals surface area contributed by atoms with Crippen molar-refractivity contribution < 1.29 is 14.6 Å². The summed E-state index contributed by atoms with van der Waals surface area (Å²) in [6.45, 7) is 8.03. The Morgan fingerprint density at radius 2 is 1.87 bits per heavy atom. The lowest BCUT2D eigenvalue weighted by atomic mass is 9.72. The van der Waals surface area contributed by atoms with Gasteiger partial charge < -0.3 is 15.2 Å². The molecule has 0 bridgehead atoms. The fourth-order valence-corrected chi connectivity index (χ4v) is 4.01. The SMILES string of the molecule is CC(C)(C)C1CCC(Oc2cnc(-c3cccc(CNCCC(=O)O)c3)nc2)CC1. The number of aromatic nitrogens is 2. The van der Waals surface area contributed by atoms with Crippen LogP contribution in [-0.2, 0) is 11.3 Å². The maximum Gasteiger partial charge on any atom is 0.304 e. The Hall–Kier alpha value is -2.47. The Balaban J connectivity index is 1.53. The summed E-state index contributed by atoms with van der Waals surface area (Å²) in [6, 6.07) is 7.97. The van der Waals surface area contributed by atoms with Gasteiger partial charge in [0.05, 0.1) is 24.9 Å². The van der Waals surface area contributed by atoms with E-state index in [2.05, 4.69) is 36.1 Å². The van der Waals surface area contributed by atoms with E-state index in [1.54, 1.807) is 12.4 Å². The first-order valence-corrected chi connectivity index (χ1v) is 10.8. The second kappa shape index (κ2) is 10.0. The van der Waals surface area contributed by atoms with Crippen LogP contribution in [0.25, 0.3) is 11.4 Å². The lowest BCUT2D eigenvalue weighted by Gasteiger charge is -2.36. The molecule has 1 fully saturated rings. The molecule has 162 valence electrons. The van der Waals surface area contributed by atoms with E-state index in [4.69, 9.17) is 9.84 Å². The number of ether oxygens (including phenoxy) is 1. The van der Waals surface area contributed by atoms with Gasteiger partial charge in [0.25, 0.3) is 0 Å². The van der Waals surface area contributed by atoms with Crippen LogP contribution >= 0.6 is 0 Å². The van der Waals surface area contributed by atoms with E-state index in [-0.39, 0.29) is 12.5 Å². The number of hydrogen-bond acceptors (Lipinski definition) is 5. The van der Waals surface area contributed by atoms with E-state index >= 15 is 0 Å². The molecule has 0 spiro atoms. The van der Waals surface area contributed by atoms with E-state index in [0.717, 1.165) is 35.6 Å². The normalized spacial score (nSPS) is 19.4. The van der Waals surface area contributed by atoms with Crippen LogP contribution in [-0.4, -0.2) is 33.7 Å². The predicted octanol–water partition coefficient (Wildman–Crippen LogP) is 4.69. The largest absolute Gasteiger partial charge is 0.487 e. The van der Waals surface area contributed by atoms with Crippen LogP contribution in [0, 0.1) is 11.3 Å². The summed E-state index contributed by atoms with van der Waals surface area (Å²) < 4.78 is 6.13. The van der Waals surface area contributed by atoms with Crippen LogP contribution in [0.4, 0.5) is 0 Å². The second-order valence-electron chi connectivity index (χ2n) is 9.22. The van der Waals surface area contributed by atoms with Crippen molar-refractivity contribution in [3.63, 3.8) is 0 Å². The zero-order valence-corrected chi connectivity index (χ0v) is 18.2. The topological polar surface area (TPSA) is 84.3 Å². The zero-order valence-electron chi connectivity index (χ0n) is 18.2. The van der Waals surface area contributed by atoms with E-state index in [1.165, 1.54) is 12.8 Å². The summed E-state index contributed by atoms with van der Waals surface area (Å²) in [5.74, 6) is 1.35. The van der Waals surface area contributed by atoms with Crippen LogP contribution in [0.2, 0.25) is 0 Å². The zero-order chi connectivity index (χ0) is 21.6. The average molecular weight is 412 g/mol. The highest BCUT2D eigenvalue weighted by Crippen LogP contribution is 2.38. The van der Waals surface area contributed by atoms with Crippen LogP contribution in [0.15, 0.2) is 36.7 Å². The molecule has 1 aliphatic carbocycles. The minimum absolute atomic E-state index is 0.113. The first-order chi connectivity index (χ1) is 14.3. The number of hydrogen-bond donors (Lipinski definition) is 2. The summed E-state index contributed by atoms with van der Waals surface area (Å²) in [7, 11) is 0. The quantitative estimate of drug-likeness (QED) is 0.613. The van der Waals surface area contributed by atoms with Gasteiger partial charge in [-0.15, -0.1) is 0 Å². The molecular weight excluding hydrogens is 378 g/mol. The number of carbonyl (C=O) groups is 1. The molecule has 0 saturated heterocycles. The first kappa shape index (κ1) is 22.2. The Kier molecular flexibility index (Phi) is 7.43. The van der Waals surface area contributed by atoms with Gasteiger partial charge in [0.2, 0.25) is 0 Å². The monoisotopic (exact) mass is 411 g/mol. The van der Waals surface area contributed by atoms with Crippen molar-refractivity contribution in [2.75, 3.05) is 6.54 Å². The van der Waals surface area contributed by atoms with Gasteiger partial charge in [-0.1, -0.05) is 39.0 Å². The van der Waals surface area contributed by atoms with Gasteiger partial charge in [0.1, 0.15) is 0 Å². The van der Waals surface area contributed by atoms with Crippen LogP contribution in [0.3, 0.4) is 0 Å². The highest BCUT2D eigenvalue weighted by Gasteiger charge is 2.30. The van der Waals surface area contributed by atoms with Gasteiger partial charge in [-0.05, 0) is 48.6 Å². The summed E-state index contributed by atoms with van der Waals surface area (Å²) >= 11 is 0. The highest BCUT2D eigenvalue weighted by molar-refractivity contribution is 5.66. The molecule has 0 radical (unpaired) electrons. The molecule has 30 heavy (non-hydrogen) atoms. The number of carboxylic acid groups (broad SMARTS) is 1. The van der Waals surface area contributed by atoms with E-state index in [0.29, 0.717) is 24.3 Å². The minimum Gasteiger partial charge on any atom is -0.487 e. The van der Waals surface area contributed by atoms with Gasteiger partial charge in [-0.25, -0.2) is 9.97 Å². The molecule has 2 N–H and O–H groups in total. The second-order valence-corrected chi connectivity index (χ2v) is 9.22. The summed E-state index contributed by atoms with van der Waals surface area (Å²) in [5, 5.41) is 11.8. The highest BCUT2D eigenvalue weighted by atomic mass is 16.5. The summed E-state index contributed by atoms with van der Waals surface area (Å²) in [6.07, 6.45) is 8.47. The average Bonchev–Trinajstić information content (AvgIpc) is 2.72. The van der Waals surface area contributed by atoms with E-state index < -0.39 is 5.97 Å². The number of carboxylic acids is 1. The van der Waals surface area contributed by atoms with Crippen molar-refractivity contribution in [3.8, 4) is 17.1 Å². The number of rotatable bonds is 8. The maximum atomic E-state index is 10.6. The molecule has 1 aliphatic rings. The number of aliphatic carboxylic acids is 1. The van der Waals surface area contributed by atoms with Gasteiger partial charge >= 0.3 is 5.97 Å². The predicted molar refractivity (Wildman–Crippen MR) is 117 cm³/mol. The Morgan fingerprint density at radius 1 is 1.17 bits per heavy atom. The molecule has 1 heterocycles. The molecule has 2 aromatic rings. The van der Waals surface area contributed by atoms with Crippen molar-refractivity contribution in [1.82, 2.24) is 15.3 Å². The Morgan fingerprint density at radius 3 is 2.50 bits per heavy atom. The standard InChI is InChI=1S/C24H33N3O3/c1-24(2,3)19-7-9-20(10-8-19)30-21-15-26-23(27-16-21)18-6-4-5-17(13-18)14-25-12-11-22(28)29/h4-6,13,15-16,19-20,25H,7-12,14H2,1-3H3,(H,28,29). The fourth-order valence-electron chi connectivity index (χ4n) is 4.01.